The minimum atomic E-state index is 0.428. The van der Waals surface area contributed by atoms with E-state index in [1.54, 1.807) is 30.6 Å². The van der Waals surface area contributed by atoms with Gasteiger partial charge in [-0.05, 0) is 76.7 Å². The first kappa shape index (κ1) is 26.2. The maximum atomic E-state index is 6.19. The Morgan fingerprint density at radius 1 is 1.03 bits per heavy atom. The molecule has 0 amide bonds. The van der Waals surface area contributed by atoms with E-state index in [4.69, 9.17) is 19.2 Å². The topological polar surface area (TPSA) is 43.8 Å². The lowest BCUT2D eigenvalue weighted by atomic mass is 10.2. The van der Waals surface area contributed by atoms with Gasteiger partial charge in [0, 0.05) is 48.0 Å². The Labute approximate surface area is 240 Å². The second-order valence-electron chi connectivity index (χ2n) is 8.40. The molecule has 1 saturated heterocycles. The number of fused-ring (bicyclic) bond motifs is 1. The van der Waals surface area contributed by atoms with Crippen molar-refractivity contribution in [3.63, 3.8) is 0 Å². The van der Waals surface area contributed by atoms with E-state index < -0.39 is 0 Å². The number of hydrogen-bond donors (Lipinski definition) is 0. The van der Waals surface area contributed by atoms with Crippen LogP contribution in [0.1, 0.15) is 11.3 Å². The van der Waals surface area contributed by atoms with Crippen LogP contribution in [0.25, 0.3) is 6.08 Å². The molecule has 190 valence electrons. The number of halogens is 1. The molecule has 0 saturated carbocycles. The van der Waals surface area contributed by atoms with Gasteiger partial charge >= 0.3 is 0 Å². The van der Waals surface area contributed by atoms with Gasteiger partial charge in [-0.1, -0.05) is 48.3 Å². The van der Waals surface area contributed by atoms with E-state index >= 15 is 0 Å². The molecule has 8 heteroatoms. The highest BCUT2D eigenvalue weighted by molar-refractivity contribution is 14.1. The van der Waals surface area contributed by atoms with Gasteiger partial charge < -0.3 is 19.1 Å². The van der Waals surface area contributed by atoms with E-state index in [1.165, 1.54) is 13.4 Å². The monoisotopic (exact) mass is 642 g/mol. The summed E-state index contributed by atoms with van der Waals surface area (Å²) in [4.78, 5) is 12.0. The SMILES string of the molecule is C=C/C=C1/Sc2cc(I)ccc2S/C1=C\c1cc(N2CCOCC2)cc(OCc2ccc(OC)cc2)n1. The number of aromatic nitrogens is 1. The van der Waals surface area contributed by atoms with E-state index in [-0.39, 0.29) is 0 Å². The molecule has 0 aliphatic carbocycles. The van der Waals surface area contributed by atoms with Crippen LogP contribution in [-0.2, 0) is 11.3 Å². The van der Waals surface area contributed by atoms with Crippen LogP contribution in [0.4, 0.5) is 5.69 Å². The number of benzene rings is 2. The first-order valence-corrected chi connectivity index (χ1v) is 14.6. The number of allylic oxidation sites excluding steroid dienone is 2. The summed E-state index contributed by atoms with van der Waals surface area (Å²) in [6, 6.07) is 18.6. The van der Waals surface area contributed by atoms with Crippen LogP contribution in [0.2, 0.25) is 0 Å². The molecule has 3 heterocycles. The van der Waals surface area contributed by atoms with Crippen LogP contribution < -0.4 is 14.4 Å². The fraction of sp³-hybridized carbons (Fsp3) is 0.207. The summed E-state index contributed by atoms with van der Waals surface area (Å²) >= 11 is 5.90. The second kappa shape index (κ2) is 12.4. The van der Waals surface area contributed by atoms with Crippen molar-refractivity contribution in [3.8, 4) is 11.6 Å². The lowest BCUT2D eigenvalue weighted by Gasteiger charge is -2.29. The minimum Gasteiger partial charge on any atom is -0.497 e. The van der Waals surface area contributed by atoms with Gasteiger partial charge in [-0.15, -0.1) is 0 Å². The fourth-order valence-corrected chi connectivity index (χ4v) is 6.98. The molecule has 5 nitrogen and oxygen atoms in total. The largest absolute Gasteiger partial charge is 0.497 e. The molecule has 3 aromatic rings. The van der Waals surface area contributed by atoms with Gasteiger partial charge in [0.1, 0.15) is 12.4 Å². The molecule has 2 aliphatic heterocycles. The molecule has 0 spiro atoms. The minimum absolute atomic E-state index is 0.428. The van der Waals surface area contributed by atoms with Gasteiger partial charge in [-0.3, -0.25) is 0 Å². The normalized spacial score (nSPS) is 17.5. The maximum Gasteiger partial charge on any atom is 0.216 e. The van der Waals surface area contributed by atoms with E-state index in [1.807, 2.05) is 36.4 Å². The summed E-state index contributed by atoms with van der Waals surface area (Å²) in [5.74, 6) is 1.43. The molecule has 0 N–H and O–H groups in total. The molecule has 2 aromatic carbocycles. The average molecular weight is 643 g/mol. The number of rotatable bonds is 7. The molecule has 37 heavy (non-hydrogen) atoms. The van der Waals surface area contributed by atoms with Gasteiger partial charge in [0.2, 0.25) is 5.88 Å². The predicted octanol–water partition coefficient (Wildman–Crippen LogP) is 7.42. The molecule has 1 fully saturated rings. The van der Waals surface area contributed by atoms with Crippen LogP contribution in [0.3, 0.4) is 0 Å². The zero-order valence-corrected chi connectivity index (χ0v) is 24.3. The van der Waals surface area contributed by atoms with Gasteiger partial charge in [0.15, 0.2) is 0 Å². The Morgan fingerprint density at radius 3 is 2.57 bits per heavy atom. The summed E-state index contributed by atoms with van der Waals surface area (Å²) in [6.07, 6.45) is 6.06. The van der Waals surface area contributed by atoms with Crippen molar-refractivity contribution in [2.24, 2.45) is 0 Å². The Hall–Kier alpha value is -2.40. The van der Waals surface area contributed by atoms with Crippen LogP contribution in [0.15, 0.2) is 92.9 Å². The third-order valence-corrected chi connectivity index (χ3v) is 9.06. The van der Waals surface area contributed by atoms with Crippen molar-refractivity contribution in [3.05, 3.63) is 98.0 Å². The molecule has 0 radical (unpaired) electrons. The third kappa shape index (κ3) is 6.73. The Kier molecular flexibility index (Phi) is 8.81. The molecule has 0 unspecified atom stereocenters. The smallest absolute Gasteiger partial charge is 0.216 e. The van der Waals surface area contributed by atoms with Crippen molar-refractivity contribution in [2.45, 2.75) is 16.4 Å². The van der Waals surface area contributed by atoms with E-state index in [0.29, 0.717) is 12.5 Å². The number of anilines is 1. The summed E-state index contributed by atoms with van der Waals surface area (Å²) < 4.78 is 18.3. The molecule has 1 aromatic heterocycles. The maximum absolute atomic E-state index is 6.19. The number of methoxy groups -OCH3 is 1. The van der Waals surface area contributed by atoms with Crippen LogP contribution in [0.5, 0.6) is 11.6 Å². The van der Waals surface area contributed by atoms with E-state index in [0.717, 1.165) is 58.8 Å². The zero-order chi connectivity index (χ0) is 25.6. The summed E-state index contributed by atoms with van der Waals surface area (Å²) in [5, 5.41) is 0. The number of pyridine rings is 1. The number of thioether (sulfide) groups is 2. The first-order chi connectivity index (χ1) is 18.1. The Morgan fingerprint density at radius 2 is 1.81 bits per heavy atom. The van der Waals surface area contributed by atoms with Gasteiger partial charge in [-0.25, -0.2) is 4.98 Å². The van der Waals surface area contributed by atoms with Crippen LogP contribution in [-0.4, -0.2) is 38.4 Å². The first-order valence-electron chi connectivity index (χ1n) is 11.9. The lowest BCUT2D eigenvalue weighted by molar-refractivity contribution is 0.122. The average Bonchev–Trinajstić information content (AvgIpc) is 2.93. The summed E-state index contributed by atoms with van der Waals surface area (Å²) in [7, 11) is 1.67. The molecule has 5 rings (SSSR count). The Bertz CT molecular complexity index is 1340. The summed E-state index contributed by atoms with van der Waals surface area (Å²) in [5.41, 5.74) is 3.01. The van der Waals surface area contributed by atoms with Crippen LogP contribution in [0, 0.1) is 3.57 Å². The van der Waals surface area contributed by atoms with Gasteiger partial charge in [-0.2, -0.15) is 0 Å². The molecular formula is C29H27IN2O3S2. The molecule has 2 aliphatic rings. The highest BCUT2D eigenvalue weighted by Crippen LogP contribution is 2.50. The third-order valence-electron chi connectivity index (χ3n) is 5.87. The Balaban J connectivity index is 1.47. The van der Waals surface area contributed by atoms with Crippen molar-refractivity contribution in [1.82, 2.24) is 4.98 Å². The van der Waals surface area contributed by atoms with Crippen molar-refractivity contribution in [2.75, 3.05) is 38.3 Å². The zero-order valence-electron chi connectivity index (χ0n) is 20.5. The van der Waals surface area contributed by atoms with Crippen LogP contribution >= 0.6 is 46.1 Å². The van der Waals surface area contributed by atoms with E-state index in [9.17, 15) is 0 Å². The lowest BCUT2D eigenvalue weighted by Crippen LogP contribution is -2.36. The van der Waals surface area contributed by atoms with Crippen molar-refractivity contribution < 1.29 is 14.2 Å². The van der Waals surface area contributed by atoms with Crippen molar-refractivity contribution >= 4 is 57.9 Å². The second-order valence-corrected chi connectivity index (χ2v) is 11.8. The number of hydrogen-bond acceptors (Lipinski definition) is 7. The van der Waals surface area contributed by atoms with Crippen molar-refractivity contribution in [1.29, 1.82) is 0 Å². The fourth-order valence-electron chi connectivity index (χ4n) is 3.98. The predicted molar refractivity (Wildman–Crippen MR) is 162 cm³/mol. The molecule has 0 atom stereocenters. The summed E-state index contributed by atoms with van der Waals surface area (Å²) in [6.45, 7) is 7.48. The highest BCUT2D eigenvalue weighted by Gasteiger charge is 2.21. The van der Waals surface area contributed by atoms with Gasteiger partial charge in [0.25, 0.3) is 0 Å². The number of morpholine rings is 1. The standard InChI is InChI=1S/C29H27IN2O3S2/c1-3-4-25-28(37-26-10-7-21(30)15-27(26)36-25)17-22-16-23(32-11-13-34-14-12-32)18-29(31-22)35-19-20-5-8-24(33-2)9-6-20/h3-10,15-18H,1,11-14,19H2,2H3/b25-4+,28-17-. The number of nitrogens with zero attached hydrogens (tertiary/aromatic N) is 2. The quantitative estimate of drug-likeness (QED) is 0.249. The highest BCUT2D eigenvalue weighted by atomic mass is 127. The number of ether oxygens (including phenoxy) is 3. The molecular weight excluding hydrogens is 615 g/mol. The van der Waals surface area contributed by atoms with E-state index in [2.05, 4.69) is 70.5 Å². The molecule has 0 bridgehead atoms. The van der Waals surface area contributed by atoms with Gasteiger partial charge in [0.05, 0.1) is 26.0 Å².